The quantitative estimate of drug-likeness (QED) is 0.333. The molecule has 0 aliphatic rings. The maximum Gasteiger partial charge on any atom is 0.341 e. The van der Waals surface area contributed by atoms with Crippen LogP contribution < -0.4 is 0 Å². The van der Waals surface area contributed by atoms with Crippen molar-refractivity contribution in [2.45, 2.75) is 6.92 Å². The molecule has 0 aliphatic carbocycles. The number of ether oxygens (including phenoxy) is 1. The zero-order valence-corrected chi connectivity index (χ0v) is 8.44. The van der Waals surface area contributed by atoms with E-state index in [9.17, 15) is 9.18 Å². The van der Waals surface area contributed by atoms with Crippen LogP contribution in [0.1, 0.15) is 6.92 Å². The van der Waals surface area contributed by atoms with Gasteiger partial charge in [0.25, 0.3) is 0 Å². The predicted octanol–water partition coefficient (Wildman–Crippen LogP) is 2.35. The molecule has 0 radical (unpaired) electrons. The molecule has 0 fully saturated rings. The van der Waals surface area contributed by atoms with Gasteiger partial charge in [0, 0.05) is 3.58 Å². The number of halogens is 2. The SMILES string of the molecule is C=C(F)/C(C(=O)OC)=C(\C)I. The summed E-state index contributed by atoms with van der Waals surface area (Å²) < 4.78 is 17.4. The minimum absolute atomic E-state index is 0.0897. The third-order valence-electron chi connectivity index (χ3n) is 1.01. The van der Waals surface area contributed by atoms with E-state index >= 15 is 0 Å². The summed E-state index contributed by atoms with van der Waals surface area (Å²) in [5, 5.41) is 0. The van der Waals surface area contributed by atoms with Gasteiger partial charge in [0.2, 0.25) is 0 Å². The van der Waals surface area contributed by atoms with Crippen LogP contribution in [0.15, 0.2) is 21.6 Å². The van der Waals surface area contributed by atoms with E-state index in [2.05, 4.69) is 11.3 Å². The molecule has 0 saturated carbocycles. The molecule has 11 heavy (non-hydrogen) atoms. The Kier molecular flexibility index (Phi) is 4.32. The molecule has 0 aromatic heterocycles. The van der Waals surface area contributed by atoms with Crippen molar-refractivity contribution in [3.8, 4) is 0 Å². The van der Waals surface area contributed by atoms with Gasteiger partial charge < -0.3 is 4.74 Å². The highest BCUT2D eigenvalue weighted by Crippen LogP contribution is 2.20. The lowest BCUT2D eigenvalue weighted by molar-refractivity contribution is -0.135. The van der Waals surface area contributed by atoms with E-state index in [1.54, 1.807) is 6.92 Å². The Balaban J connectivity index is 4.79. The Hall–Kier alpha value is -0.390. The number of esters is 1. The minimum atomic E-state index is -0.760. The van der Waals surface area contributed by atoms with Gasteiger partial charge in [0.1, 0.15) is 11.4 Å². The summed E-state index contributed by atoms with van der Waals surface area (Å²) >= 11 is 1.84. The first-order chi connectivity index (χ1) is 5.00. The van der Waals surface area contributed by atoms with Crippen molar-refractivity contribution in [2.24, 2.45) is 0 Å². The lowest BCUT2D eigenvalue weighted by atomic mass is 10.2. The number of rotatable bonds is 2. The second kappa shape index (κ2) is 4.48. The van der Waals surface area contributed by atoms with Crippen LogP contribution in [0, 0.1) is 0 Å². The molecule has 0 aliphatic heterocycles. The van der Waals surface area contributed by atoms with Gasteiger partial charge in [-0.25, -0.2) is 9.18 Å². The third kappa shape index (κ3) is 3.00. The maximum absolute atomic E-state index is 12.5. The first-order valence-corrected chi connectivity index (χ1v) is 3.88. The fourth-order valence-electron chi connectivity index (χ4n) is 0.540. The van der Waals surface area contributed by atoms with Crippen molar-refractivity contribution >= 4 is 28.6 Å². The van der Waals surface area contributed by atoms with Crippen LogP contribution in [0.3, 0.4) is 0 Å². The topological polar surface area (TPSA) is 26.3 Å². The number of hydrogen-bond acceptors (Lipinski definition) is 2. The maximum atomic E-state index is 12.5. The zero-order valence-electron chi connectivity index (χ0n) is 6.28. The summed E-state index contributed by atoms with van der Waals surface area (Å²) in [6.45, 7) is 4.62. The molecule has 4 heteroatoms. The molecule has 0 unspecified atom stereocenters. The lowest BCUT2D eigenvalue weighted by Crippen LogP contribution is -2.05. The van der Waals surface area contributed by atoms with Crippen LogP contribution in [0.5, 0.6) is 0 Å². The van der Waals surface area contributed by atoms with E-state index in [1.807, 2.05) is 22.6 Å². The molecule has 2 nitrogen and oxygen atoms in total. The largest absolute Gasteiger partial charge is 0.465 e. The first-order valence-electron chi connectivity index (χ1n) is 2.80. The lowest BCUT2D eigenvalue weighted by Gasteiger charge is -2.01. The van der Waals surface area contributed by atoms with Crippen molar-refractivity contribution < 1.29 is 13.9 Å². The second-order valence-electron chi connectivity index (χ2n) is 1.80. The predicted molar refractivity (Wildman–Crippen MR) is 49.0 cm³/mol. The van der Waals surface area contributed by atoms with Gasteiger partial charge in [-0.1, -0.05) is 6.58 Å². The van der Waals surface area contributed by atoms with Crippen molar-refractivity contribution in [1.29, 1.82) is 0 Å². The van der Waals surface area contributed by atoms with Gasteiger partial charge in [-0.3, -0.25) is 0 Å². The summed E-state index contributed by atoms with van der Waals surface area (Å²) in [5.74, 6) is -1.45. The Morgan fingerprint density at radius 3 is 2.18 bits per heavy atom. The molecule has 0 rings (SSSR count). The van der Waals surface area contributed by atoms with E-state index in [-0.39, 0.29) is 5.57 Å². The standard InChI is InChI=1S/C7H8FIO2/c1-4(8)6(5(2)9)7(10)11-3/h1H2,2-3H3/b6-5-. The molecule has 0 N–H and O–H groups in total. The van der Waals surface area contributed by atoms with E-state index in [0.717, 1.165) is 0 Å². The third-order valence-corrected chi connectivity index (χ3v) is 1.54. The molecule has 62 valence electrons. The van der Waals surface area contributed by atoms with Gasteiger partial charge in [0.15, 0.2) is 0 Å². The molecule has 0 spiro atoms. The number of carbonyl (C=O) groups excluding carboxylic acids is 1. The van der Waals surface area contributed by atoms with Gasteiger partial charge in [-0.15, -0.1) is 0 Å². The highest BCUT2D eigenvalue weighted by atomic mass is 127. The van der Waals surface area contributed by atoms with Gasteiger partial charge >= 0.3 is 5.97 Å². The van der Waals surface area contributed by atoms with Gasteiger partial charge in [-0.2, -0.15) is 0 Å². The summed E-state index contributed by atoms with van der Waals surface area (Å²) in [6.07, 6.45) is 0. The van der Waals surface area contributed by atoms with E-state index in [4.69, 9.17) is 0 Å². The van der Waals surface area contributed by atoms with Crippen molar-refractivity contribution in [2.75, 3.05) is 7.11 Å². The Morgan fingerprint density at radius 2 is 2.09 bits per heavy atom. The monoisotopic (exact) mass is 270 g/mol. The number of carbonyl (C=O) groups is 1. The van der Waals surface area contributed by atoms with Gasteiger partial charge in [-0.05, 0) is 29.5 Å². The minimum Gasteiger partial charge on any atom is -0.465 e. The molecular weight excluding hydrogens is 262 g/mol. The zero-order chi connectivity index (χ0) is 9.02. The van der Waals surface area contributed by atoms with Crippen LogP contribution in [-0.2, 0) is 9.53 Å². The summed E-state index contributed by atoms with van der Waals surface area (Å²) in [5.41, 5.74) is -0.0897. The van der Waals surface area contributed by atoms with E-state index < -0.39 is 11.8 Å². The van der Waals surface area contributed by atoms with Crippen LogP contribution in [0.25, 0.3) is 0 Å². The normalized spacial score (nSPS) is 12.0. The molecular formula is C7H8FIO2. The Morgan fingerprint density at radius 1 is 1.64 bits per heavy atom. The molecule has 0 heterocycles. The van der Waals surface area contributed by atoms with Crippen LogP contribution in [0.2, 0.25) is 0 Å². The molecule has 0 aromatic rings. The fourth-order valence-corrected chi connectivity index (χ4v) is 1.05. The van der Waals surface area contributed by atoms with Crippen molar-refractivity contribution in [3.05, 3.63) is 21.6 Å². The van der Waals surface area contributed by atoms with E-state index in [0.29, 0.717) is 3.58 Å². The van der Waals surface area contributed by atoms with Crippen LogP contribution in [-0.4, -0.2) is 13.1 Å². The molecule has 0 amide bonds. The van der Waals surface area contributed by atoms with E-state index in [1.165, 1.54) is 7.11 Å². The number of allylic oxidation sites excluding steroid dienone is 1. The fraction of sp³-hybridized carbons (Fsp3) is 0.286. The highest BCUT2D eigenvalue weighted by Gasteiger charge is 2.15. The number of methoxy groups -OCH3 is 1. The molecule has 0 aromatic carbocycles. The van der Waals surface area contributed by atoms with Crippen molar-refractivity contribution in [3.63, 3.8) is 0 Å². The smallest absolute Gasteiger partial charge is 0.341 e. The van der Waals surface area contributed by atoms with Crippen LogP contribution in [0.4, 0.5) is 4.39 Å². The first kappa shape index (κ1) is 10.6. The van der Waals surface area contributed by atoms with Gasteiger partial charge in [0.05, 0.1) is 7.11 Å². The average molecular weight is 270 g/mol. The summed E-state index contributed by atoms with van der Waals surface area (Å²) in [4.78, 5) is 10.8. The number of hydrogen-bond donors (Lipinski definition) is 0. The average Bonchev–Trinajstić information content (AvgIpc) is 1.85. The van der Waals surface area contributed by atoms with Crippen LogP contribution >= 0.6 is 22.6 Å². The molecule has 0 saturated heterocycles. The second-order valence-corrected chi connectivity index (χ2v) is 3.42. The summed E-state index contributed by atoms with van der Waals surface area (Å²) in [6, 6.07) is 0. The molecule has 0 atom stereocenters. The Bertz CT molecular complexity index is 216. The van der Waals surface area contributed by atoms with Crippen molar-refractivity contribution in [1.82, 2.24) is 0 Å². The molecule has 0 bridgehead atoms. The Labute approximate surface area is 78.3 Å². The summed E-state index contributed by atoms with van der Waals surface area (Å²) in [7, 11) is 1.20. The highest BCUT2D eigenvalue weighted by molar-refractivity contribution is 14.1.